The first-order valence-electron chi connectivity index (χ1n) is 9.15. The van der Waals surface area contributed by atoms with Crippen LogP contribution in [0.2, 0.25) is 0 Å². The highest BCUT2D eigenvalue weighted by Gasteiger charge is 2.49. The van der Waals surface area contributed by atoms with Crippen molar-refractivity contribution in [3.63, 3.8) is 0 Å². The Labute approximate surface area is 158 Å². The van der Waals surface area contributed by atoms with Crippen LogP contribution in [0.5, 0.6) is 11.5 Å². The van der Waals surface area contributed by atoms with Crippen LogP contribution in [-0.2, 0) is 14.4 Å². The third-order valence-electron chi connectivity index (χ3n) is 4.95. The number of ether oxygens (including phenoxy) is 2. The Kier molecular flexibility index (Phi) is 6.16. The largest absolute Gasteiger partial charge is 0.497 e. The minimum Gasteiger partial charge on any atom is -0.497 e. The molecule has 0 radical (unpaired) electrons. The number of hydrogen-bond donors (Lipinski definition) is 1. The summed E-state index contributed by atoms with van der Waals surface area (Å²) in [5.41, 5.74) is 0. The van der Waals surface area contributed by atoms with E-state index in [0.29, 0.717) is 51.5 Å². The SMILES string of the molecule is COc1ccc(OCCNC(=O)C2CC2C(=O)N2CCN(C=O)CC2)cc1. The molecule has 2 atom stereocenters. The summed E-state index contributed by atoms with van der Waals surface area (Å²) in [5.74, 6) is 0.915. The molecule has 1 saturated carbocycles. The molecule has 1 saturated heterocycles. The number of methoxy groups -OCH3 is 1. The Balaban J connectivity index is 1.33. The Morgan fingerprint density at radius 3 is 2.41 bits per heavy atom. The summed E-state index contributed by atoms with van der Waals surface area (Å²) < 4.78 is 10.6. The molecule has 8 heteroatoms. The molecule has 2 aliphatic rings. The first kappa shape index (κ1) is 19.0. The van der Waals surface area contributed by atoms with E-state index in [1.807, 2.05) is 12.1 Å². The number of nitrogens with one attached hydrogen (secondary N) is 1. The van der Waals surface area contributed by atoms with E-state index in [1.165, 1.54) is 0 Å². The zero-order valence-electron chi connectivity index (χ0n) is 15.4. The van der Waals surface area contributed by atoms with Crippen molar-refractivity contribution >= 4 is 18.2 Å². The van der Waals surface area contributed by atoms with E-state index in [2.05, 4.69) is 5.32 Å². The van der Waals surface area contributed by atoms with E-state index in [-0.39, 0.29) is 23.7 Å². The molecule has 1 heterocycles. The number of nitrogens with zero attached hydrogens (tertiary/aromatic N) is 2. The zero-order valence-corrected chi connectivity index (χ0v) is 15.4. The van der Waals surface area contributed by atoms with Gasteiger partial charge in [-0.2, -0.15) is 0 Å². The second-order valence-corrected chi connectivity index (χ2v) is 6.73. The van der Waals surface area contributed by atoms with Crippen LogP contribution in [-0.4, -0.2) is 74.5 Å². The van der Waals surface area contributed by atoms with Crippen molar-refractivity contribution in [1.29, 1.82) is 0 Å². The predicted octanol–water partition coefficient (Wildman–Crippen LogP) is 0.127. The Morgan fingerprint density at radius 2 is 1.78 bits per heavy atom. The number of carbonyl (C=O) groups is 3. The van der Waals surface area contributed by atoms with Gasteiger partial charge in [-0.3, -0.25) is 14.4 Å². The molecule has 0 aromatic heterocycles. The average molecular weight is 375 g/mol. The lowest BCUT2D eigenvalue weighted by Gasteiger charge is -2.32. The van der Waals surface area contributed by atoms with Gasteiger partial charge >= 0.3 is 0 Å². The summed E-state index contributed by atoms with van der Waals surface area (Å²) in [6.45, 7) is 2.94. The van der Waals surface area contributed by atoms with Crippen LogP contribution >= 0.6 is 0 Å². The second kappa shape index (κ2) is 8.75. The van der Waals surface area contributed by atoms with E-state index in [0.717, 1.165) is 12.2 Å². The second-order valence-electron chi connectivity index (χ2n) is 6.73. The fraction of sp³-hybridized carbons (Fsp3) is 0.526. The van der Waals surface area contributed by atoms with Gasteiger partial charge in [-0.25, -0.2) is 0 Å². The highest BCUT2D eigenvalue weighted by molar-refractivity contribution is 5.92. The van der Waals surface area contributed by atoms with Gasteiger partial charge in [0.2, 0.25) is 18.2 Å². The highest BCUT2D eigenvalue weighted by atomic mass is 16.5. The molecule has 8 nitrogen and oxygen atoms in total. The molecule has 3 rings (SSSR count). The standard InChI is InChI=1S/C19H25N3O5/c1-26-14-2-4-15(5-3-14)27-11-6-20-18(24)16-12-17(16)19(25)22-9-7-21(13-23)8-10-22/h2-5,13,16-17H,6-12H2,1H3,(H,20,24). The van der Waals surface area contributed by atoms with Crippen LogP contribution in [0, 0.1) is 11.8 Å². The van der Waals surface area contributed by atoms with Crippen molar-refractivity contribution < 1.29 is 23.9 Å². The maximum atomic E-state index is 12.4. The number of carbonyl (C=O) groups excluding carboxylic acids is 3. The molecule has 0 spiro atoms. The van der Waals surface area contributed by atoms with E-state index in [9.17, 15) is 14.4 Å². The summed E-state index contributed by atoms with van der Waals surface area (Å²) in [4.78, 5) is 38.8. The van der Waals surface area contributed by atoms with Crippen LogP contribution < -0.4 is 14.8 Å². The van der Waals surface area contributed by atoms with Crippen molar-refractivity contribution in [2.45, 2.75) is 6.42 Å². The van der Waals surface area contributed by atoms with Gasteiger partial charge in [0.25, 0.3) is 0 Å². The summed E-state index contributed by atoms with van der Waals surface area (Å²) in [7, 11) is 1.60. The Hall–Kier alpha value is -2.77. The molecule has 1 N–H and O–H groups in total. The summed E-state index contributed by atoms with van der Waals surface area (Å²) in [6.07, 6.45) is 1.40. The van der Waals surface area contributed by atoms with E-state index < -0.39 is 0 Å². The molecule has 1 aromatic rings. The molecule has 146 valence electrons. The van der Waals surface area contributed by atoms with Crippen molar-refractivity contribution in [3.8, 4) is 11.5 Å². The fourth-order valence-corrected chi connectivity index (χ4v) is 3.19. The maximum Gasteiger partial charge on any atom is 0.226 e. The fourth-order valence-electron chi connectivity index (χ4n) is 3.19. The predicted molar refractivity (Wildman–Crippen MR) is 97.3 cm³/mol. The van der Waals surface area contributed by atoms with Gasteiger partial charge < -0.3 is 24.6 Å². The van der Waals surface area contributed by atoms with Crippen LogP contribution in [0.3, 0.4) is 0 Å². The highest BCUT2D eigenvalue weighted by Crippen LogP contribution is 2.40. The minimum atomic E-state index is -0.248. The molecular formula is C19H25N3O5. The molecule has 2 unspecified atom stereocenters. The van der Waals surface area contributed by atoms with Crippen LogP contribution in [0.4, 0.5) is 0 Å². The smallest absolute Gasteiger partial charge is 0.226 e. The van der Waals surface area contributed by atoms with E-state index >= 15 is 0 Å². The Bertz CT molecular complexity index is 670. The van der Waals surface area contributed by atoms with Gasteiger partial charge in [-0.1, -0.05) is 0 Å². The first-order chi connectivity index (χ1) is 13.1. The molecule has 27 heavy (non-hydrogen) atoms. The lowest BCUT2D eigenvalue weighted by atomic mass is 10.2. The molecule has 1 aromatic carbocycles. The number of hydrogen-bond acceptors (Lipinski definition) is 5. The van der Waals surface area contributed by atoms with Gasteiger partial charge in [0.1, 0.15) is 18.1 Å². The third kappa shape index (κ3) is 4.90. The molecule has 1 aliphatic heterocycles. The number of piperazine rings is 1. The molecule has 3 amide bonds. The van der Waals surface area contributed by atoms with Gasteiger partial charge in [0.15, 0.2) is 0 Å². The number of amides is 3. The molecular weight excluding hydrogens is 350 g/mol. The van der Waals surface area contributed by atoms with Gasteiger partial charge in [0.05, 0.1) is 25.5 Å². The topological polar surface area (TPSA) is 88.2 Å². The molecule has 1 aliphatic carbocycles. The monoisotopic (exact) mass is 375 g/mol. The average Bonchev–Trinajstić information content (AvgIpc) is 3.52. The zero-order chi connectivity index (χ0) is 19.2. The number of benzene rings is 1. The minimum absolute atomic E-state index is 0.0233. The van der Waals surface area contributed by atoms with Crippen LogP contribution in [0.1, 0.15) is 6.42 Å². The first-order valence-corrected chi connectivity index (χ1v) is 9.15. The van der Waals surface area contributed by atoms with Crippen molar-refractivity contribution in [3.05, 3.63) is 24.3 Å². The van der Waals surface area contributed by atoms with E-state index in [4.69, 9.17) is 9.47 Å². The van der Waals surface area contributed by atoms with Crippen LogP contribution in [0.25, 0.3) is 0 Å². The quantitative estimate of drug-likeness (QED) is 0.515. The summed E-state index contributed by atoms with van der Waals surface area (Å²) in [6, 6.07) is 7.23. The van der Waals surface area contributed by atoms with Crippen LogP contribution in [0.15, 0.2) is 24.3 Å². The normalized spacial score (nSPS) is 21.4. The van der Waals surface area contributed by atoms with Crippen molar-refractivity contribution in [2.75, 3.05) is 46.4 Å². The van der Waals surface area contributed by atoms with Gasteiger partial charge in [-0.05, 0) is 30.7 Å². The molecule has 2 fully saturated rings. The summed E-state index contributed by atoms with van der Waals surface area (Å²) >= 11 is 0. The maximum absolute atomic E-state index is 12.4. The van der Waals surface area contributed by atoms with Crippen molar-refractivity contribution in [2.24, 2.45) is 11.8 Å². The van der Waals surface area contributed by atoms with Gasteiger partial charge in [-0.15, -0.1) is 0 Å². The number of rotatable bonds is 8. The summed E-state index contributed by atoms with van der Waals surface area (Å²) in [5, 5.41) is 2.83. The lowest BCUT2D eigenvalue weighted by Crippen LogP contribution is -2.49. The van der Waals surface area contributed by atoms with Gasteiger partial charge in [0, 0.05) is 26.2 Å². The third-order valence-corrected chi connectivity index (χ3v) is 4.95. The van der Waals surface area contributed by atoms with E-state index in [1.54, 1.807) is 29.0 Å². The molecule has 0 bridgehead atoms. The van der Waals surface area contributed by atoms with Crippen molar-refractivity contribution in [1.82, 2.24) is 15.1 Å². The Morgan fingerprint density at radius 1 is 1.11 bits per heavy atom. The lowest BCUT2D eigenvalue weighted by molar-refractivity contribution is -0.137.